The first-order valence-corrected chi connectivity index (χ1v) is 8.11. The predicted molar refractivity (Wildman–Crippen MR) is 93.5 cm³/mol. The summed E-state index contributed by atoms with van der Waals surface area (Å²) in [5.41, 5.74) is 3.03. The van der Waals surface area contributed by atoms with Gasteiger partial charge in [0.05, 0.1) is 0 Å². The highest BCUT2D eigenvalue weighted by Crippen LogP contribution is 2.32. The van der Waals surface area contributed by atoms with E-state index >= 15 is 0 Å². The molecule has 0 radical (unpaired) electrons. The molecule has 4 rings (SSSR count). The standard InChI is InChI=1S/C19H14BrNO/c20-15-8-9-18-14(12-15)10-11-21(18)19(22)17-7-3-5-13-4-1-2-6-16(13)17/h1-9,12H,10-11H2. The maximum atomic E-state index is 13.0. The summed E-state index contributed by atoms with van der Waals surface area (Å²) in [7, 11) is 0. The number of hydrogen-bond donors (Lipinski definition) is 0. The van der Waals surface area contributed by atoms with Gasteiger partial charge in [0.25, 0.3) is 5.91 Å². The van der Waals surface area contributed by atoms with E-state index in [1.165, 1.54) is 5.56 Å². The van der Waals surface area contributed by atoms with Gasteiger partial charge in [-0.15, -0.1) is 0 Å². The zero-order chi connectivity index (χ0) is 15.1. The van der Waals surface area contributed by atoms with Crippen molar-refractivity contribution in [1.82, 2.24) is 0 Å². The molecule has 108 valence electrons. The molecule has 0 aliphatic carbocycles. The quantitative estimate of drug-likeness (QED) is 0.616. The fourth-order valence-corrected chi connectivity index (χ4v) is 3.55. The fourth-order valence-electron chi connectivity index (χ4n) is 3.14. The van der Waals surface area contributed by atoms with Gasteiger partial charge >= 0.3 is 0 Å². The van der Waals surface area contributed by atoms with Gasteiger partial charge in [0.15, 0.2) is 0 Å². The molecule has 0 N–H and O–H groups in total. The van der Waals surface area contributed by atoms with Crippen molar-refractivity contribution in [2.45, 2.75) is 6.42 Å². The first-order chi connectivity index (χ1) is 10.7. The molecule has 3 aromatic carbocycles. The van der Waals surface area contributed by atoms with Gasteiger partial charge in [0.2, 0.25) is 0 Å². The molecule has 0 fully saturated rings. The Bertz CT molecular complexity index is 882. The lowest BCUT2D eigenvalue weighted by atomic mass is 10.0. The van der Waals surface area contributed by atoms with E-state index in [4.69, 9.17) is 0 Å². The van der Waals surface area contributed by atoms with Gasteiger partial charge in [-0.25, -0.2) is 0 Å². The Morgan fingerprint density at radius 1 is 1.00 bits per heavy atom. The first kappa shape index (κ1) is 13.5. The summed E-state index contributed by atoms with van der Waals surface area (Å²) in [6, 6.07) is 20.1. The van der Waals surface area contributed by atoms with E-state index in [-0.39, 0.29) is 5.91 Å². The van der Waals surface area contributed by atoms with Gasteiger partial charge in [-0.1, -0.05) is 52.3 Å². The van der Waals surface area contributed by atoms with Gasteiger partial charge < -0.3 is 4.90 Å². The average Bonchev–Trinajstić information content (AvgIpc) is 2.96. The minimum Gasteiger partial charge on any atom is -0.308 e. The highest BCUT2D eigenvalue weighted by molar-refractivity contribution is 9.10. The minimum atomic E-state index is 0.0814. The highest BCUT2D eigenvalue weighted by atomic mass is 79.9. The van der Waals surface area contributed by atoms with Crippen LogP contribution in [0.2, 0.25) is 0 Å². The van der Waals surface area contributed by atoms with Crippen molar-refractivity contribution in [1.29, 1.82) is 0 Å². The molecular formula is C19H14BrNO. The van der Waals surface area contributed by atoms with Crippen LogP contribution in [0.1, 0.15) is 15.9 Å². The molecule has 0 bridgehead atoms. The molecule has 0 aromatic heterocycles. The number of hydrogen-bond acceptors (Lipinski definition) is 1. The van der Waals surface area contributed by atoms with Crippen LogP contribution in [0.3, 0.4) is 0 Å². The van der Waals surface area contributed by atoms with Crippen LogP contribution < -0.4 is 4.90 Å². The summed E-state index contributed by atoms with van der Waals surface area (Å²) in [6.07, 6.45) is 0.908. The van der Waals surface area contributed by atoms with Gasteiger partial charge in [0.1, 0.15) is 0 Å². The SMILES string of the molecule is O=C(c1cccc2ccccc12)N1CCc2cc(Br)ccc21. The summed E-state index contributed by atoms with van der Waals surface area (Å²) < 4.78 is 1.06. The second kappa shape index (κ2) is 5.25. The normalized spacial score (nSPS) is 13.4. The van der Waals surface area contributed by atoms with Crippen LogP contribution in [0, 0.1) is 0 Å². The predicted octanol–water partition coefficient (Wildman–Crippen LogP) is 4.81. The Morgan fingerprint density at radius 3 is 2.73 bits per heavy atom. The zero-order valence-corrected chi connectivity index (χ0v) is 13.5. The molecule has 1 aliphatic rings. The first-order valence-electron chi connectivity index (χ1n) is 7.32. The monoisotopic (exact) mass is 351 g/mol. The van der Waals surface area contributed by atoms with Gasteiger partial charge in [-0.3, -0.25) is 4.79 Å². The van der Waals surface area contributed by atoms with Crippen LogP contribution in [0.15, 0.2) is 65.1 Å². The molecule has 0 unspecified atom stereocenters. The number of amides is 1. The van der Waals surface area contributed by atoms with Crippen molar-refractivity contribution in [2.24, 2.45) is 0 Å². The maximum absolute atomic E-state index is 13.0. The lowest BCUT2D eigenvalue weighted by Gasteiger charge is -2.18. The molecule has 1 amide bonds. The third kappa shape index (κ3) is 2.13. The smallest absolute Gasteiger partial charge is 0.258 e. The number of carbonyl (C=O) groups excluding carboxylic acids is 1. The van der Waals surface area contributed by atoms with Crippen LogP contribution >= 0.6 is 15.9 Å². The number of anilines is 1. The van der Waals surface area contributed by atoms with E-state index in [9.17, 15) is 4.79 Å². The third-order valence-electron chi connectivity index (χ3n) is 4.20. The lowest BCUT2D eigenvalue weighted by molar-refractivity contribution is 0.0991. The maximum Gasteiger partial charge on any atom is 0.258 e. The fraction of sp³-hybridized carbons (Fsp3) is 0.105. The van der Waals surface area contributed by atoms with Crippen molar-refractivity contribution >= 4 is 38.3 Å². The van der Waals surface area contributed by atoms with Gasteiger partial charge in [-0.05, 0) is 47.0 Å². The lowest BCUT2D eigenvalue weighted by Crippen LogP contribution is -2.29. The molecule has 2 nitrogen and oxygen atoms in total. The Balaban J connectivity index is 1.80. The molecule has 0 spiro atoms. The second-order valence-electron chi connectivity index (χ2n) is 5.51. The van der Waals surface area contributed by atoms with Crippen molar-refractivity contribution in [2.75, 3.05) is 11.4 Å². The van der Waals surface area contributed by atoms with Crippen molar-refractivity contribution < 1.29 is 4.79 Å². The summed E-state index contributed by atoms with van der Waals surface area (Å²) in [4.78, 5) is 14.9. The van der Waals surface area contributed by atoms with E-state index in [2.05, 4.69) is 22.0 Å². The number of nitrogens with zero attached hydrogens (tertiary/aromatic N) is 1. The van der Waals surface area contributed by atoms with E-state index in [0.29, 0.717) is 0 Å². The number of fused-ring (bicyclic) bond motifs is 2. The van der Waals surface area contributed by atoms with Gasteiger partial charge in [0, 0.05) is 22.3 Å². The van der Waals surface area contributed by atoms with Crippen LogP contribution in [0.25, 0.3) is 10.8 Å². The van der Waals surface area contributed by atoms with E-state index < -0.39 is 0 Å². The zero-order valence-electron chi connectivity index (χ0n) is 11.9. The Morgan fingerprint density at radius 2 is 1.82 bits per heavy atom. The Hall–Kier alpha value is -2.13. The molecule has 22 heavy (non-hydrogen) atoms. The molecule has 1 aliphatic heterocycles. The third-order valence-corrected chi connectivity index (χ3v) is 4.70. The van der Waals surface area contributed by atoms with Crippen molar-refractivity contribution in [3.05, 3.63) is 76.3 Å². The minimum absolute atomic E-state index is 0.0814. The number of benzene rings is 3. The van der Waals surface area contributed by atoms with E-state index in [1.807, 2.05) is 59.5 Å². The molecule has 0 saturated carbocycles. The summed E-state index contributed by atoms with van der Waals surface area (Å²) in [5.74, 6) is 0.0814. The summed E-state index contributed by atoms with van der Waals surface area (Å²) in [6.45, 7) is 0.744. The number of rotatable bonds is 1. The van der Waals surface area contributed by atoms with Gasteiger partial charge in [-0.2, -0.15) is 0 Å². The van der Waals surface area contributed by atoms with Crippen LogP contribution in [0.5, 0.6) is 0 Å². The molecule has 0 atom stereocenters. The molecule has 1 heterocycles. The largest absolute Gasteiger partial charge is 0.308 e. The van der Waals surface area contributed by atoms with Crippen molar-refractivity contribution in [3.63, 3.8) is 0 Å². The van der Waals surface area contributed by atoms with E-state index in [0.717, 1.165) is 39.5 Å². The van der Waals surface area contributed by atoms with E-state index in [1.54, 1.807) is 0 Å². The Labute approximate surface area is 137 Å². The summed E-state index contributed by atoms with van der Waals surface area (Å²) in [5, 5.41) is 2.11. The van der Waals surface area contributed by atoms with Crippen LogP contribution in [-0.2, 0) is 6.42 Å². The molecule has 3 heteroatoms. The number of carbonyl (C=O) groups is 1. The summed E-state index contributed by atoms with van der Waals surface area (Å²) >= 11 is 3.50. The highest BCUT2D eigenvalue weighted by Gasteiger charge is 2.26. The average molecular weight is 352 g/mol. The van der Waals surface area contributed by atoms with Crippen molar-refractivity contribution in [3.8, 4) is 0 Å². The Kier molecular flexibility index (Phi) is 3.23. The molecule has 0 saturated heterocycles. The topological polar surface area (TPSA) is 20.3 Å². The number of halogens is 1. The second-order valence-corrected chi connectivity index (χ2v) is 6.42. The van der Waals surface area contributed by atoms with Crippen LogP contribution in [-0.4, -0.2) is 12.5 Å². The molecular weight excluding hydrogens is 338 g/mol. The molecule has 3 aromatic rings. The van der Waals surface area contributed by atoms with Crippen LogP contribution in [0.4, 0.5) is 5.69 Å².